The Labute approximate surface area is 112 Å². The minimum absolute atomic E-state index is 0.312. The fraction of sp³-hybridized carbons (Fsp3) is 0.500. The van der Waals surface area contributed by atoms with Crippen molar-refractivity contribution in [1.29, 1.82) is 0 Å². The van der Waals surface area contributed by atoms with Crippen molar-refractivity contribution >= 4 is 17.3 Å². The zero-order valence-corrected chi connectivity index (χ0v) is 10.9. The highest BCUT2D eigenvalue weighted by molar-refractivity contribution is 5.95. The fourth-order valence-corrected chi connectivity index (χ4v) is 3.21. The van der Waals surface area contributed by atoms with Gasteiger partial charge in [-0.2, -0.15) is 0 Å². The second-order valence-corrected chi connectivity index (χ2v) is 5.36. The third-order valence-corrected chi connectivity index (χ3v) is 4.18. The van der Waals surface area contributed by atoms with Crippen LogP contribution in [-0.2, 0) is 0 Å². The van der Waals surface area contributed by atoms with Gasteiger partial charge in [0.15, 0.2) is 0 Å². The molecular weight excluding hydrogens is 242 g/mol. The molecule has 0 bridgehead atoms. The Morgan fingerprint density at radius 1 is 1.32 bits per heavy atom. The lowest BCUT2D eigenvalue weighted by Crippen LogP contribution is -2.50. The van der Waals surface area contributed by atoms with Crippen molar-refractivity contribution < 1.29 is 9.90 Å². The number of hydrogen-bond acceptors (Lipinski definition) is 4. The third-order valence-electron chi connectivity index (χ3n) is 4.18. The summed E-state index contributed by atoms with van der Waals surface area (Å²) in [4.78, 5) is 16.0. The van der Waals surface area contributed by atoms with Crippen molar-refractivity contribution in [3.05, 3.63) is 23.8 Å². The van der Waals surface area contributed by atoms with Gasteiger partial charge in [-0.05, 0) is 37.6 Å². The van der Waals surface area contributed by atoms with Crippen LogP contribution in [0, 0.1) is 0 Å². The first-order valence-corrected chi connectivity index (χ1v) is 6.77. The summed E-state index contributed by atoms with van der Waals surface area (Å²) in [5.41, 5.74) is 7.30. The van der Waals surface area contributed by atoms with E-state index in [1.165, 1.54) is 19.4 Å². The van der Waals surface area contributed by atoms with Crippen LogP contribution in [0.4, 0.5) is 11.4 Å². The van der Waals surface area contributed by atoms with Crippen molar-refractivity contribution in [2.24, 2.45) is 0 Å². The maximum Gasteiger partial charge on any atom is 0.337 e. The molecule has 2 fully saturated rings. The summed E-state index contributed by atoms with van der Waals surface area (Å²) >= 11 is 0. The number of carboxylic acids is 1. The highest BCUT2D eigenvalue weighted by atomic mass is 16.4. The van der Waals surface area contributed by atoms with Crippen LogP contribution in [0.1, 0.15) is 23.2 Å². The highest BCUT2D eigenvalue weighted by Crippen LogP contribution is 2.28. The smallest absolute Gasteiger partial charge is 0.337 e. The molecule has 1 unspecified atom stereocenters. The molecule has 2 aliphatic heterocycles. The van der Waals surface area contributed by atoms with Gasteiger partial charge in [-0.3, -0.25) is 4.90 Å². The largest absolute Gasteiger partial charge is 0.478 e. The van der Waals surface area contributed by atoms with Gasteiger partial charge in [-0.15, -0.1) is 0 Å². The molecule has 102 valence electrons. The number of nitrogens with zero attached hydrogens (tertiary/aromatic N) is 2. The number of carboxylic acid groups (broad SMARTS) is 1. The van der Waals surface area contributed by atoms with Gasteiger partial charge >= 0.3 is 5.97 Å². The Morgan fingerprint density at radius 2 is 2.16 bits per heavy atom. The van der Waals surface area contributed by atoms with Gasteiger partial charge in [0.2, 0.25) is 0 Å². The first kappa shape index (κ1) is 12.3. The molecule has 19 heavy (non-hydrogen) atoms. The molecule has 2 aliphatic rings. The SMILES string of the molecule is Nc1ccc(N2CCN3CCCC3C2)c(C(=O)O)c1. The van der Waals surface area contributed by atoms with Crippen LogP contribution in [0.5, 0.6) is 0 Å². The van der Waals surface area contributed by atoms with Gasteiger partial charge in [0.1, 0.15) is 0 Å². The standard InChI is InChI=1S/C14H19N3O2/c15-10-3-4-13(12(8-10)14(18)19)17-7-6-16-5-1-2-11(16)9-17/h3-4,8,11H,1-2,5-7,9,15H2,(H,18,19). The molecule has 0 aromatic heterocycles. The number of rotatable bonds is 2. The van der Waals surface area contributed by atoms with Crippen molar-refractivity contribution in [2.45, 2.75) is 18.9 Å². The molecule has 2 heterocycles. The number of nitrogens with two attached hydrogens (primary N) is 1. The summed E-state index contributed by atoms with van der Waals surface area (Å²) in [6.45, 7) is 4.02. The number of anilines is 2. The number of carbonyl (C=O) groups is 1. The molecule has 5 heteroatoms. The van der Waals surface area contributed by atoms with E-state index >= 15 is 0 Å². The van der Waals surface area contributed by atoms with Gasteiger partial charge in [0.05, 0.1) is 11.3 Å². The fourth-order valence-electron chi connectivity index (χ4n) is 3.21. The van der Waals surface area contributed by atoms with Crippen LogP contribution in [-0.4, -0.2) is 48.2 Å². The summed E-state index contributed by atoms with van der Waals surface area (Å²) in [5, 5.41) is 9.32. The van der Waals surface area contributed by atoms with Gasteiger partial charge < -0.3 is 15.7 Å². The lowest BCUT2D eigenvalue weighted by Gasteiger charge is -2.39. The zero-order valence-electron chi connectivity index (χ0n) is 10.9. The van der Waals surface area contributed by atoms with Crippen molar-refractivity contribution in [3.63, 3.8) is 0 Å². The van der Waals surface area contributed by atoms with Crippen molar-refractivity contribution in [3.8, 4) is 0 Å². The molecule has 1 atom stereocenters. The Balaban J connectivity index is 1.87. The number of piperazine rings is 1. The van der Waals surface area contributed by atoms with Crippen molar-refractivity contribution in [1.82, 2.24) is 4.90 Å². The van der Waals surface area contributed by atoms with Gasteiger partial charge in [-0.1, -0.05) is 0 Å². The maximum atomic E-state index is 11.4. The van der Waals surface area contributed by atoms with Gasteiger partial charge in [0.25, 0.3) is 0 Å². The van der Waals surface area contributed by atoms with E-state index in [1.54, 1.807) is 12.1 Å². The predicted molar refractivity (Wildman–Crippen MR) is 74.6 cm³/mol. The summed E-state index contributed by atoms with van der Waals surface area (Å²) in [6, 6.07) is 5.75. The van der Waals surface area contributed by atoms with E-state index in [0.29, 0.717) is 17.3 Å². The summed E-state index contributed by atoms with van der Waals surface area (Å²) in [7, 11) is 0. The third kappa shape index (κ3) is 2.26. The summed E-state index contributed by atoms with van der Waals surface area (Å²) in [6.07, 6.45) is 2.47. The van der Waals surface area contributed by atoms with E-state index < -0.39 is 5.97 Å². The first-order valence-electron chi connectivity index (χ1n) is 6.77. The zero-order chi connectivity index (χ0) is 13.4. The number of benzene rings is 1. The second-order valence-electron chi connectivity index (χ2n) is 5.36. The van der Waals surface area contributed by atoms with Crippen LogP contribution >= 0.6 is 0 Å². The minimum atomic E-state index is -0.906. The molecule has 1 aromatic carbocycles. The van der Waals surface area contributed by atoms with E-state index in [9.17, 15) is 9.90 Å². The second kappa shape index (κ2) is 4.74. The molecule has 2 saturated heterocycles. The average molecular weight is 261 g/mol. The Morgan fingerprint density at radius 3 is 2.95 bits per heavy atom. The molecule has 3 rings (SSSR count). The minimum Gasteiger partial charge on any atom is -0.478 e. The molecular formula is C14H19N3O2. The van der Waals surface area contributed by atoms with E-state index in [2.05, 4.69) is 9.80 Å². The molecule has 5 nitrogen and oxygen atoms in total. The lowest BCUT2D eigenvalue weighted by molar-refractivity contribution is 0.0697. The van der Waals surface area contributed by atoms with Gasteiger partial charge in [0, 0.05) is 31.4 Å². The molecule has 1 aromatic rings. The van der Waals surface area contributed by atoms with E-state index in [0.717, 1.165) is 25.3 Å². The number of fused-ring (bicyclic) bond motifs is 1. The summed E-state index contributed by atoms with van der Waals surface area (Å²) in [5.74, 6) is -0.906. The monoisotopic (exact) mass is 261 g/mol. The molecule has 0 saturated carbocycles. The molecule has 0 radical (unpaired) electrons. The Hall–Kier alpha value is -1.75. The molecule has 0 amide bonds. The average Bonchev–Trinajstić information content (AvgIpc) is 2.85. The molecule has 0 aliphatic carbocycles. The van der Waals surface area contributed by atoms with Crippen LogP contribution in [0.3, 0.4) is 0 Å². The first-order chi connectivity index (χ1) is 9.15. The Bertz CT molecular complexity index is 503. The van der Waals surface area contributed by atoms with Crippen LogP contribution in [0.15, 0.2) is 18.2 Å². The topological polar surface area (TPSA) is 69.8 Å². The van der Waals surface area contributed by atoms with E-state index in [4.69, 9.17) is 5.73 Å². The van der Waals surface area contributed by atoms with Crippen molar-refractivity contribution in [2.75, 3.05) is 36.8 Å². The highest BCUT2D eigenvalue weighted by Gasteiger charge is 2.31. The number of aromatic carboxylic acids is 1. The maximum absolute atomic E-state index is 11.4. The number of hydrogen-bond donors (Lipinski definition) is 2. The Kier molecular flexibility index (Phi) is 3.06. The van der Waals surface area contributed by atoms with Gasteiger partial charge in [-0.25, -0.2) is 4.79 Å². The normalized spacial score (nSPS) is 23.4. The van der Waals surface area contributed by atoms with Crippen LogP contribution in [0.25, 0.3) is 0 Å². The van der Waals surface area contributed by atoms with Crippen LogP contribution in [0.2, 0.25) is 0 Å². The lowest BCUT2D eigenvalue weighted by atomic mass is 10.1. The van der Waals surface area contributed by atoms with E-state index in [1.807, 2.05) is 6.07 Å². The van der Waals surface area contributed by atoms with E-state index in [-0.39, 0.29) is 0 Å². The molecule has 0 spiro atoms. The summed E-state index contributed by atoms with van der Waals surface area (Å²) < 4.78 is 0. The number of nitrogen functional groups attached to an aromatic ring is 1. The quantitative estimate of drug-likeness (QED) is 0.784. The van der Waals surface area contributed by atoms with Crippen LogP contribution < -0.4 is 10.6 Å². The molecule has 3 N–H and O–H groups in total. The predicted octanol–water partition coefficient (Wildman–Crippen LogP) is 1.25.